The molecule has 5 nitrogen and oxygen atoms in total. The quantitative estimate of drug-likeness (QED) is 0.549. The Bertz CT molecular complexity index is 928. The SMILES string of the molecule is CCOC(=O)Cc1nc2cc3ccccc3cc2n(C)c1=O. The lowest BCUT2D eigenvalue weighted by Crippen LogP contribution is -2.26. The van der Waals surface area contributed by atoms with E-state index in [4.69, 9.17) is 4.74 Å². The van der Waals surface area contributed by atoms with Crippen LogP contribution in [0.2, 0.25) is 0 Å². The van der Waals surface area contributed by atoms with Gasteiger partial charge in [0.15, 0.2) is 0 Å². The average Bonchev–Trinajstić information content (AvgIpc) is 2.51. The molecule has 0 radical (unpaired) electrons. The van der Waals surface area contributed by atoms with Gasteiger partial charge in [-0.25, -0.2) is 4.98 Å². The van der Waals surface area contributed by atoms with Crippen LogP contribution in [0, 0.1) is 0 Å². The van der Waals surface area contributed by atoms with Gasteiger partial charge in [-0.15, -0.1) is 0 Å². The van der Waals surface area contributed by atoms with Crippen LogP contribution in [0.1, 0.15) is 12.6 Å². The van der Waals surface area contributed by atoms with Gasteiger partial charge < -0.3 is 9.30 Å². The number of aromatic nitrogens is 2. The van der Waals surface area contributed by atoms with Gasteiger partial charge in [0.25, 0.3) is 5.56 Å². The minimum atomic E-state index is -0.438. The van der Waals surface area contributed by atoms with Gasteiger partial charge in [0.2, 0.25) is 0 Å². The molecule has 1 aromatic heterocycles. The Morgan fingerprint density at radius 1 is 1.23 bits per heavy atom. The minimum Gasteiger partial charge on any atom is -0.466 e. The van der Waals surface area contributed by atoms with E-state index in [1.807, 2.05) is 36.4 Å². The van der Waals surface area contributed by atoms with Gasteiger partial charge in [-0.05, 0) is 29.8 Å². The maximum absolute atomic E-state index is 12.4. The first-order valence-corrected chi connectivity index (χ1v) is 7.14. The van der Waals surface area contributed by atoms with Crippen molar-refractivity contribution in [2.75, 3.05) is 6.61 Å². The zero-order chi connectivity index (χ0) is 15.7. The maximum atomic E-state index is 12.4. The van der Waals surface area contributed by atoms with Gasteiger partial charge >= 0.3 is 5.97 Å². The molecule has 0 aliphatic rings. The number of fused-ring (bicyclic) bond motifs is 2. The molecule has 5 heteroatoms. The number of carbonyl (C=O) groups excluding carboxylic acids is 1. The molecule has 3 rings (SSSR count). The summed E-state index contributed by atoms with van der Waals surface area (Å²) in [6.07, 6.45) is -0.108. The maximum Gasteiger partial charge on any atom is 0.312 e. The van der Waals surface area contributed by atoms with Crippen molar-refractivity contribution in [2.45, 2.75) is 13.3 Å². The van der Waals surface area contributed by atoms with Gasteiger partial charge in [0.1, 0.15) is 5.69 Å². The van der Waals surface area contributed by atoms with Gasteiger partial charge in [0.05, 0.1) is 24.1 Å². The number of ether oxygens (including phenoxy) is 1. The summed E-state index contributed by atoms with van der Waals surface area (Å²) in [7, 11) is 1.69. The minimum absolute atomic E-state index is 0.108. The van der Waals surface area contributed by atoms with Gasteiger partial charge in [0, 0.05) is 7.05 Å². The molecule has 0 unspecified atom stereocenters. The van der Waals surface area contributed by atoms with Crippen LogP contribution in [0.5, 0.6) is 0 Å². The molecule has 22 heavy (non-hydrogen) atoms. The number of carbonyl (C=O) groups is 1. The number of aryl methyl sites for hydroxylation is 1. The van der Waals surface area contributed by atoms with Crippen molar-refractivity contribution in [1.82, 2.24) is 9.55 Å². The highest BCUT2D eigenvalue weighted by Gasteiger charge is 2.13. The van der Waals surface area contributed by atoms with Crippen LogP contribution >= 0.6 is 0 Å². The normalized spacial score (nSPS) is 11.0. The number of hydrogen-bond donors (Lipinski definition) is 0. The van der Waals surface area contributed by atoms with E-state index in [9.17, 15) is 9.59 Å². The highest BCUT2D eigenvalue weighted by Crippen LogP contribution is 2.20. The van der Waals surface area contributed by atoms with E-state index in [1.54, 1.807) is 14.0 Å². The smallest absolute Gasteiger partial charge is 0.312 e. The molecule has 0 saturated heterocycles. The summed E-state index contributed by atoms with van der Waals surface area (Å²) in [6.45, 7) is 2.02. The molecule has 0 aliphatic heterocycles. The van der Waals surface area contributed by atoms with E-state index in [2.05, 4.69) is 4.98 Å². The molecular weight excluding hydrogens is 280 g/mol. The molecule has 112 valence electrons. The number of hydrogen-bond acceptors (Lipinski definition) is 4. The van der Waals surface area contributed by atoms with Crippen LogP contribution in [0.15, 0.2) is 41.2 Å². The van der Waals surface area contributed by atoms with Crippen LogP contribution in [0.3, 0.4) is 0 Å². The van der Waals surface area contributed by atoms with Crippen molar-refractivity contribution < 1.29 is 9.53 Å². The first kappa shape index (κ1) is 14.3. The number of esters is 1. The monoisotopic (exact) mass is 296 g/mol. The molecule has 0 saturated carbocycles. The van der Waals surface area contributed by atoms with Crippen molar-refractivity contribution in [3.63, 3.8) is 0 Å². The first-order valence-electron chi connectivity index (χ1n) is 7.14. The third-order valence-corrected chi connectivity index (χ3v) is 3.63. The number of benzene rings is 2. The lowest BCUT2D eigenvalue weighted by atomic mass is 10.1. The molecule has 0 N–H and O–H groups in total. The third kappa shape index (κ3) is 2.45. The Balaban J connectivity index is 2.19. The van der Waals surface area contributed by atoms with Crippen LogP contribution in [-0.2, 0) is 23.0 Å². The zero-order valence-electron chi connectivity index (χ0n) is 12.5. The van der Waals surface area contributed by atoms with Crippen molar-refractivity contribution in [3.05, 3.63) is 52.4 Å². The highest BCUT2D eigenvalue weighted by atomic mass is 16.5. The highest BCUT2D eigenvalue weighted by molar-refractivity contribution is 5.95. The first-order chi connectivity index (χ1) is 10.6. The van der Waals surface area contributed by atoms with Crippen molar-refractivity contribution >= 4 is 27.8 Å². The second-order valence-electron chi connectivity index (χ2n) is 5.09. The second kappa shape index (κ2) is 5.60. The molecule has 2 aromatic carbocycles. The Kier molecular flexibility index (Phi) is 3.63. The Morgan fingerprint density at radius 3 is 2.59 bits per heavy atom. The molecule has 0 spiro atoms. The summed E-state index contributed by atoms with van der Waals surface area (Å²) in [4.78, 5) is 28.3. The fourth-order valence-corrected chi connectivity index (χ4v) is 2.53. The van der Waals surface area contributed by atoms with Crippen LogP contribution in [0.25, 0.3) is 21.8 Å². The molecule has 0 amide bonds. The molecule has 0 bridgehead atoms. The zero-order valence-corrected chi connectivity index (χ0v) is 12.5. The van der Waals surface area contributed by atoms with Crippen molar-refractivity contribution in [3.8, 4) is 0 Å². The molecular formula is C17H16N2O3. The fourth-order valence-electron chi connectivity index (χ4n) is 2.53. The van der Waals surface area contributed by atoms with E-state index >= 15 is 0 Å². The molecule has 0 aliphatic carbocycles. The number of rotatable bonds is 3. The summed E-state index contributed by atoms with van der Waals surface area (Å²) in [5, 5.41) is 2.09. The molecule has 3 aromatic rings. The largest absolute Gasteiger partial charge is 0.466 e. The predicted octanol–water partition coefficient (Wildman–Crippen LogP) is 2.19. The van der Waals surface area contributed by atoms with Crippen LogP contribution in [-0.4, -0.2) is 22.1 Å². The molecule has 0 atom stereocenters. The van der Waals surface area contributed by atoms with Crippen molar-refractivity contribution in [1.29, 1.82) is 0 Å². The second-order valence-corrected chi connectivity index (χ2v) is 5.09. The Hall–Kier alpha value is -2.69. The van der Waals surface area contributed by atoms with E-state index in [0.29, 0.717) is 5.52 Å². The Morgan fingerprint density at radius 2 is 1.91 bits per heavy atom. The van der Waals surface area contributed by atoms with Crippen LogP contribution in [0.4, 0.5) is 0 Å². The lowest BCUT2D eigenvalue weighted by Gasteiger charge is -2.09. The predicted molar refractivity (Wildman–Crippen MR) is 84.8 cm³/mol. The summed E-state index contributed by atoms with van der Waals surface area (Å²) in [5.41, 5.74) is 1.39. The number of nitrogens with zero attached hydrogens (tertiary/aromatic N) is 2. The van der Waals surface area contributed by atoms with E-state index < -0.39 is 5.97 Å². The topological polar surface area (TPSA) is 61.2 Å². The van der Waals surface area contributed by atoms with E-state index in [1.165, 1.54) is 4.57 Å². The fraction of sp³-hybridized carbons (Fsp3) is 0.235. The standard InChI is InChI=1S/C17H16N2O3/c1-3-22-16(20)10-14-17(21)19(2)15-9-12-7-5-4-6-11(12)8-13(15)18-14/h4-9H,3,10H2,1-2H3. The summed E-state index contributed by atoms with van der Waals surface area (Å²) >= 11 is 0. The van der Waals surface area contributed by atoms with Gasteiger partial charge in [-0.2, -0.15) is 0 Å². The molecule has 0 fully saturated rings. The van der Waals surface area contributed by atoms with Crippen LogP contribution < -0.4 is 5.56 Å². The third-order valence-electron chi connectivity index (χ3n) is 3.63. The average molecular weight is 296 g/mol. The van der Waals surface area contributed by atoms with Gasteiger partial charge in [-0.3, -0.25) is 9.59 Å². The molecule has 1 heterocycles. The summed E-state index contributed by atoms with van der Waals surface area (Å²) < 4.78 is 6.43. The Labute approximate surface area is 127 Å². The summed E-state index contributed by atoms with van der Waals surface area (Å²) in [6, 6.07) is 11.8. The van der Waals surface area contributed by atoms with E-state index in [0.717, 1.165) is 16.3 Å². The summed E-state index contributed by atoms with van der Waals surface area (Å²) in [5.74, 6) is -0.438. The van der Waals surface area contributed by atoms with Gasteiger partial charge in [-0.1, -0.05) is 24.3 Å². The lowest BCUT2D eigenvalue weighted by molar-refractivity contribution is -0.142. The van der Waals surface area contributed by atoms with E-state index in [-0.39, 0.29) is 24.3 Å². The van der Waals surface area contributed by atoms with Crippen molar-refractivity contribution in [2.24, 2.45) is 7.05 Å².